The first-order chi connectivity index (χ1) is 17.8. The molecule has 0 spiro atoms. The van der Waals surface area contributed by atoms with E-state index in [1.54, 1.807) is 23.6 Å². The average Bonchev–Trinajstić information content (AvgIpc) is 3.34. The van der Waals surface area contributed by atoms with Gasteiger partial charge in [0.05, 0.1) is 25.3 Å². The van der Waals surface area contributed by atoms with E-state index in [1.807, 2.05) is 4.90 Å². The summed E-state index contributed by atoms with van der Waals surface area (Å²) in [5.74, 6) is -0.629. The van der Waals surface area contributed by atoms with Crippen LogP contribution in [0.15, 0.2) is 53.9 Å². The van der Waals surface area contributed by atoms with Gasteiger partial charge in [-0.2, -0.15) is 13.2 Å². The zero-order valence-electron chi connectivity index (χ0n) is 20.1. The summed E-state index contributed by atoms with van der Waals surface area (Å²) in [7, 11) is 0. The molecule has 1 N–H and O–H groups in total. The van der Waals surface area contributed by atoms with Crippen LogP contribution in [0.4, 0.5) is 17.6 Å². The Bertz CT molecular complexity index is 1160. The highest BCUT2D eigenvalue weighted by molar-refractivity contribution is 7.09. The predicted octanol–water partition coefficient (Wildman–Crippen LogP) is 4.57. The van der Waals surface area contributed by atoms with Crippen molar-refractivity contribution in [1.82, 2.24) is 20.1 Å². The summed E-state index contributed by atoms with van der Waals surface area (Å²) < 4.78 is 58.3. The fourth-order valence-corrected chi connectivity index (χ4v) is 4.86. The van der Waals surface area contributed by atoms with Crippen molar-refractivity contribution in [3.63, 3.8) is 0 Å². The topological polar surface area (TPSA) is 57.7 Å². The number of nitrogens with zero attached hydrogens (tertiary/aromatic N) is 3. The van der Waals surface area contributed by atoms with Gasteiger partial charge in [0.2, 0.25) is 0 Å². The molecule has 0 unspecified atom stereocenters. The summed E-state index contributed by atoms with van der Waals surface area (Å²) in [4.78, 5) is 21.2. The van der Waals surface area contributed by atoms with E-state index >= 15 is 0 Å². The van der Waals surface area contributed by atoms with E-state index in [1.165, 1.54) is 29.5 Å². The fourth-order valence-electron chi connectivity index (χ4n) is 4.04. The Hall–Kier alpha value is -2.86. The van der Waals surface area contributed by atoms with Crippen molar-refractivity contribution in [2.75, 3.05) is 39.4 Å². The number of thiazole rings is 1. The van der Waals surface area contributed by atoms with E-state index in [0.29, 0.717) is 49.1 Å². The van der Waals surface area contributed by atoms with Gasteiger partial charge in [-0.1, -0.05) is 30.3 Å². The van der Waals surface area contributed by atoms with E-state index in [9.17, 15) is 22.4 Å². The molecular weight excluding hydrogens is 508 g/mol. The maximum absolute atomic E-state index is 13.4. The molecule has 37 heavy (non-hydrogen) atoms. The zero-order chi connectivity index (χ0) is 26.3. The molecule has 11 heteroatoms. The van der Waals surface area contributed by atoms with Crippen molar-refractivity contribution in [3.05, 3.63) is 87.1 Å². The number of rotatable bonds is 10. The van der Waals surface area contributed by atoms with Crippen molar-refractivity contribution in [2.45, 2.75) is 25.8 Å². The highest BCUT2D eigenvalue weighted by Crippen LogP contribution is 2.30. The molecule has 4 rings (SSSR count). The van der Waals surface area contributed by atoms with Crippen molar-refractivity contribution in [3.8, 4) is 0 Å². The van der Waals surface area contributed by atoms with Gasteiger partial charge in [0, 0.05) is 44.6 Å². The van der Waals surface area contributed by atoms with Gasteiger partial charge in [-0.05, 0) is 29.3 Å². The third kappa shape index (κ3) is 8.32. The molecule has 2 heterocycles. The summed E-state index contributed by atoms with van der Waals surface area (Å²) in [6.07, 6.45) is -4.43. The highest BCUT2D eigenvalue weighted by atomic mass is 32.1. The number of carbonyl (C=O) groups excluding carboxylic acids is 1. The van der Waals surface area contributed by atoms with E-state index in [2.05, 4.69) is 15.2 Å². The van der Waals surface area contributed by atoms with Gasteiger partial charge in [-0.3, -0.25) is 14.6 Å². The van der Waals surface area contributed by atoms with Gasteiger partial charge in [0.1, 0.15) is 16.5 Å². The molecule has 3 aromatic rings. The average molecular weight is 537 g/mol. The lowest BCUT2D eigenvalue weighted by Crippen LogP contribution is -2.41. The lowest BCUT2D eigenvalue weighted by Gasteiger charge is -2.26. The van der Waals surface area contributed by atoms with Crippen LogP contribution in [0.3, 0.4) is 0 Å². The Kier molecular flexibility index (Phi) is 9.25. The quantitative estimate of drug-likeness (QED) is 0.385. The van der Waals surface area contributed by atoms with Gasteiger partial charge in [0.15, 0.2) is 0 Å². The van der Waals surface area contributed by atoms with Crippen molar-refractivity contribution < 1.29 is 27.1 Å². The smallest absolute Gasteiger partial charge is 0.379 e. The van der Waals surface area contributed by atoms with Gasteiger partial charge < -0.3 is 10.1 Å². The maximum atomic E-state index is 13.4. The van der Waals surface area contributed by atoms with E-state index in [0.717, 1.165) is 37.3 Å². The number of benzene rings is 2. The number of hydrogen-bond donors (Lipinski definition) is 1. The minimum absolute atomic E-state index is 0.224. The number of hydrogen-bond acceptors (Lipinski definition) is 6. The number of aromatic nitrogens is 1. The number of amides is 1. The van der Waals surface area contributed by atoms with Gasteiger partial charge in [-0.25, -0.2) is 9.37 Å². The molecule has 1 fully saturated rings. The van der Waals surface area contributed by atoms with Crippen LogP contribution in [-0.4, -0.2) is 60.1 Å². The Morgan fingerprint density at radius 1 is 1.05 bits per heavy atom. The number of morpholine rings is 1. The predicted molar refractivity (Wildman–Crippen MR) is 133 cm³/mol. The molecule has 198 valence electrons. The molecule has 0 radical (unpaired) electrons. The minimum atomic E-state index is -4.43. The molecular formula is C26H28F4N4O2S. The SMILES string of the molecule is O=C(NCCN1CCOCC1)c1csc(CN(Cc2ccc(F)cc2)Cc2cccc(C(F)(F)F)c2)n1. The lowest BCUT2D eigenvalue weighted by atomic mass is 10.1. The second-order valence-electron chi connectivity index (χ2n) is 8.81. The second-order valence-corrected chi connectivity index (χ2v) is 9.75. The molecule has 6 nitrogen and oxygen atoms in total. The lowest BCUT2D eigenvalue weighted by molar-refractivity contribution is -0.137. The van der Waals surface area contributed by atoms with E-state index in [4.69, 9.17) is 4.74 Å². The number of carbonyl (C=O) groups is 1. The number of halogens is 4. The second kappa shape index (κ2) is 12.6. The van der Waals surface area contributed by atoms with Crippen LogP contribution < -0.4 is 5.32 Å². The Balaban J connectivity index is 1.41. The third-order valence-electron chi connectivity index (χ3n) is 5.94. The molecule has 1 amide bonds. The largest absolute Gasteiger partial charge is 0.416 e. The molecule has 1 aromatic heterocycles. The van der Waals surface area contributed by atoms with E-state index in [-0.39, 0.29) is 18.3 Å². The summed E-state index contributed by atoms with van der Waals surface area (Å²) in [6.45, 7) is 5.21. The molecule has 1 aliphatic heterocycles. The normalized spacial score (nSPS) is 14.7. The molecule has 2 aromatic carbocycles. The minimum Gasteiger partial charge on any atom is -0.379 e. The number of nitrogens with one attached hydrogen (secondary N) is 1. The highest BCUT2D eigenvalue weighted by Gasteiger charge is 2.30. The molecule has 1 aliphatic rings. The first-order valence-electron chi connectivity index (χ1n) is 11.9. The maximum Gasteiger partial charge on any atom is 0.416 e. The van der Waals surface area contributed by atoms with Crippen LogP contribution in [0.2, 0.25) is 0 Å². The van der Waals surface area contributed by atoms with Gasteiger partial charge in [0.25, 0.3) is 5.91 Å². The monoisotopic (exact) mass is 536 g/mol. The molecule has 0 aliphatic carbocycles. The third-order valence-corrected chi connectivity index (χ3v) is 6.77. The molecule has 0 saturated carbocycles. The van der Waals surface area contributed by atoms with Crippen molar-refractivity contribution >= 4 is 17.2 Å². The molecule has 1 saturated heterocycles. The molecule has 0 bridgehead atoms. The van der Waals surface area contributed by atoms with Crippen molar-refractivity contribution in [1.29, 1.82) is 0 Å². The Labute approximate surface area is 216 Å². The van der Waals surface area contributed by atoms with E-state index < -0.39 is 11.7 Å². The van der Waals surface area contributed by atoms with Crippen LogP contribution in [-0.2, 0) is 30.5 Å². The Morgan fingerprint density at radius 3 is 2.51 bits per heavy atom. The summed E-state index contributed by atoms with van der Waals surface area (Å²) in [6, 6.07) is 11.2. The van der Waals surface area contributed by atoms with Crippen LogP contribution in [0.5, 0.6) is 0 Å². The number of ether oxygens (including phenoxy) is 1. The summed E-state index contributed by atoms with van der Waals surface area (Å²) in [5, 5.41) is 5.23. The van der Waals surface area contributed by atoms with Gasteiger partial charge >= 0.3 is 6.18 Å². The van der Waals surface area contributed by atoms with Crippen LogP contribution in [0.25, 0.3) is 0 Å². The van der Waals surface area contributed by atoms with Crippen LogP contribution >= 0.6 is 11.3 Å². The zero-order valence-corrected chi connectivity index (χ0v) is 21.0. The van der Waals surface area contributed by atoms with Crippen LogP contribution in [0.1, 0.15) is 32.2 Å². The standard InChI is InChI=1S/C26H28F4N4O2S/c27-22-6-4-19(5-7-22)15-34(16-20-2-1-3-21(14-20)26(28,29)30)17-24-32-23(18-37-24)25(35)31-8-9-33-10-12-36-13-11-33/h1-7,14,18H,8-13,15-17H2,(H,31,35). The van der Waals surface area contributed by atoms with Crippen molar-refractivity contribution in [2.24, 2.45) is 0 Å². The van der Waals surface area contributed by atoms with Crippen LogP contribution in [0, 0.1) is 5.82 Å². The molecule has 0 atom stereocenters. The summed E-state index contributed by atoms with van der Waals surface area (Å²) in [5.41, 5.74) is 0.903. The van der Waals surface area contributed by atoms with Gasteiger partial charge in [-0.15, -0.1) is 11.3 Å². The number of alkyl halides is 3. The first-order valence-corrected chi connectivity index (χ1v) is 12.8. The summed E-state index contributed by atoms with van der Waals surface area (Å²) >= 11 is 1.32. The first kappa shape index (κ1) is 27.2. The fraction of sp³-hybridized carbons (Fsp3) is 0.385. The Morgan fingerprint density at radius 2 is 1.78 bits per heavy atom.